The van der Waals surface area contributed by atoms with E-state index in [2.05, 4.69) is 0 Å². The van der Waals surface area contributed by atoms with Crippen molar-refractivity contribution in [1.82, 2.24) is 4.57 Å². The van der Waals surface area contributed by atoms with E-state index in [0.29, 0.717) is 16.6 Å². The molecule has 19 heavy (non-hydrogen) atoms. The second kappa shape index (κ2) is 5.48. The van der Waals surface area contributed by atoms with Gasteiger partial charge in [-0.3, -0.25) is 4.79 Å². The molecule has 0 spiro atoms. The molecule has 0 saturated heterocycles. The van der Waals surface area contributed by atoms with Crippen LogP contribution in [0.1, 0.15) is 16.8 Å². The van der Waals surface area contributed by atoms with E-state index in [0.717, 1.165) is 11.3 Å². The lowest BCUT2D eigenvalue weighted by Crippen LogP contribution is -2.24. The molecule has 0 fully saturated rings. The molecular weight excluding hydrogens is 283 g/mol. The van der Waals surface area contributed by atoms with Crippen LogP contribution in [0.3, 0.4) is 0 Å². The average Bonchev–Trinajstić information content (AvgIpc) is 2.39. The summed E-state index contributed by atoms with van der Waals surface area (Å²) in [5.41, 5.74) is 1.48. The van der Waals surface area contributed by atoms with Crippen molar-refractivity contribution in [3.8, 4) is 6.07 Å². The fourth-order valence-corrected chi connectivity index (χ4v) is 2.09. The van der Waals surface area contributed by atoms with Crippen molar-refractivity contribution in [2.45, 2.75) is 13.5 Å². The van der Waals surface area contributed by atoms with E-state index in [1.807, 2.05) is 13.0 Å². The monoisotopic (exact) mass is 292 g/mol. The minimum Gasteiger partial charge on any atom is -0.307 e. The Morgan fingerprint density at radius 3 is 2.58 bits per heavy atom. The Balaban J connectivity index is 2.46. The molecule has 0 saturated carbocycles. The van der Waals surface area contributed by atoms with E-state index < -0.39 is 0 Å². The Morgan fingerprint density at radius 1 is 1.21 bits per heavy atom. The highest BCUT2D eigenvalue weighted by atomic mass is 35.5. The molecule has 0 unspecified atom stereocenters. The molecule has 0 aliphatic rings. The number of aryl methyl sites for hydroxylation is 1. The fraction of sp³-hybridized carbons (Fsp3) is 0.143. The average molecular weight is 293 g/mol. The molecule has 0 atom stereocenters. The maximum atomic E-state index is 12.1. The first kappa shape index (κ1) is 13.7. The summed E-state index contributed by atoms with van der Waals surface area (Å²) in [6.07, 6.45) is 0. The van der Waals surface area contributed by atoms with Gasteiger partial charge in [0.1, 0.15) is 11.6 Å². The van der Waals surface area contributed by atoms with E-state index >= 15 is 0 Å². The number of rotatable bonds is 2. The molecule has 96 valence electrons. The van der Waals surface area contributed by atoms with Gasteiger partial charge in [0.25, 0.3) is 5.56 Å². The molecule has 1 heterocycles. The summed E-state index contributed by atoms with van der Waals surface area (Å²) in [5, 5.41) is 9.80. The number of hydrogen-bond acceptors (Lipinski definition) is 2. The van der Waals surface area contributed by atoms with Crippen LogP contribution >= 0.6 is 23.2 Å². The van der Waals surface area contributed by atoms with Crippen LogP contribution in [0.25, 0.3) is 0 Å². The molecule has 2 aromatic rings. The molecule has 5 heteroatoms. The van der Waals surface area contributed by atoms with Crippen molar-refractivity contribution in [2.24, 2.45) is 0 Å². The zero-order chi connectivity index (χ0) is 14.0. The van der Waals surface area contributed by atoms with Gasteiger partial charge >= 0.3 is 0 Å². The third kappa shape index (κ3) is 2.81. The van der Waals surface area contributed by atoms with Gasteiger partial charge in [-0.2, -0.15) is 5.26 Å². The first-order valence-corrected chi connectivity index (χ1v) is 6.33. The van der Waals surface area contributed by atoms with E-state index in [1.165, 1.54) is 10.6 Å². The predicted molar refractivity (Wildman–Crippen MR) is 75.7 cm³/mol. The maximum Gasteiger partial charge on any atom is 0.268 e. The minimum atomic E-state index is -0.298. The SMILES string of the molecule is Cc1ccc(C#N)c(=O)n1Cc1ccc(Cl)c(Cl)c1. The van der Waals surface area contributed by atoms with E-state index in [4.69, 9.17) is 28.5 Å². The number of aromatic nitrogens is 1. The van der Waals surface area contributed by atoms with Gasteiger partial charge in [0.2, 0.25) is 0 Å². The second-order valence-corrected chi connectivity index (χ2v) is 4.95. The number of hydrogen-bond donors (Lipinski definition) is 0. The molecule has 0 aliphatic heterocycles. The zero-order valence-corrected chi connectivity index (χ0v) is 11.7. The molecule has 1 aromatic carbocycles. The van der Waals surface area contributed by atoms with Crippen LogP contribution in [0.5, 0.6) is 0 Å². The summed E-state index contributed by atoms with van der Waals surface area (Å²) in [6.45, 7) is 2.18. The highest BCUT2D eigenvalue weighted by Crippen LogP contribution is 2.22. The maximum absolute atomic E-state index is 12.1. The van der Waals surface area contributed by atoms with Crippen molar-refractivity contribution < 1.29 is 0 Å². The Labute approximate surface area is 120 Å². The van der Waals surface area contributed by atoms with Crippen LogP contribution in [0.2, 0.25) is 10.0 Å². The molecule has 1 aromatic heterocycles. The van der Waals surface area contributed by atoms with Gasteiger partial charge in [-0.1, -0.05) is 29.3 Å². The predicted octanol–water partition coefficient (Wildman–Crippen LogP) is 3.38. The van der Waals surface area contributed by atoms with Gasteiger partial charge in [0.15, 0.2) is 0 Å². The van der Waals surface area contributed by atoms with Gasteiger partial charge in [-0.25, -0.2) is 0 Å². The summed E-state index contributed by atoms with van der Waals surface area (Å²) in [4.78, 5) is 12.1. The first-order chi connectivity index (χ1) is 9.02. The standard InChI is InChI=1S/C14H10Cl2N2O/c1-9-2-4-11(7-17)14(19)18(9)8-10-3-5-12(15)13(16)6-10/h2-6H,8H2,1H3. The molecule has 0 aliphatic carbocycles. The summed E-state index contributed by atoms with van der Waals surface area (Å²) >= 11 is 11.8. The van der Waals surface area contributed by atoms with Gasteiger partial charge < -0.3 is 4.57 Å². The lowest BCUT2D eigenvalue weighted by molar-refractivity contribution is 0.727. The number of halogens is 2. The Kier molecular flexibility index (Phi) is 3.94. The zero-order valence-electron chi connectivity index (χ0n) is 10.2. The number of pyridine rings is 1. The Bertz CT molecular complexity index is 729. The third-order valence-electron chi connectivity index (χ3n) is 2.84. The Morgan fingerprint density at radius 2 is 1.95 bits per heavy atom. The van der Waals surface area contributed by atoms with Crippen LogP contribution in [0.4, 0.5) is 0 Å². The lowest BCUT2D eigenvalue weighted by atomic mass is 10.2. The van der Waals surface area contributed by atoms with Crippen molar-refractivity contribution in [1.29, 1.82) is 5.26 Å². The van der Waals surface area contributed by atoms with Crippen LogP contribution < -0.4 is 5.56 Å². The quantitative estimate of drug-likeness (QED) is 0.852. The largest absolute Gasteiger partial charge is 0.307 e. The van der Waals surface area contributed by atoms with Gasteiger partial charge in [-0.05, 0) is 36.8 Å². The van der Waals surface area contributed by atoms with Gasteiger partial charge in [-0.15, -0.1) is 0 Å². The summed E-state index contributed by atoms with van der Waals surface area (Å²) in [7, 11) is 0. The lowest BCUT2D eigenvalue weighted by Gasteiger charge is -2.10. The molecular formula is C14H10Cl2N2O. The fourth-order valence-electron chi connectivity index (χ4n) is 1.77. The summed E-state index contributed by atoms with van der Waals surface area (Å²) in [6, 6.07) is 10.4. The molecule has 2 rings (SSSR count). The van der Waals surface area contributed by atoms with Crippen LogP contribution in [-0.4, -0.2) is 4.57 Å². The Hall–Kier alpha value is -1.76. The number of nitriles is 1. The number of benzene rings is 1. The van der Waals surface area contributed by atoms with E-state index in [9.17, 15) is 4.79 Å². The normalized spacial score (nSPS) is 10.2. The van der Waals surface area contributed by atoms with Crippen molar-refractivity contribution in [2.75, 3.05) is 0 Å². The van der Waals surface area contributed by atoms with Gasteiger partial charge in [0, 0.05) is 5.69 Å². The van der Waals surface area contributed by atoms with Crippen molar-refractivity contribution in [3.63, 3.8) is 0 Å². The summed E-state index contributed by atoms with van der Waals surface area (Å²) in [5.74, 6) is 0. The van der Waals surface area contributed by atoms with Crippen LogP contribution in [-0.2, 0) is 6.54 Å². The number of nitrogens with zero attached hydrogens (tertiary/aromatic N) is 2. The van der Waals surface area contributed by atoms with Crippen LogP contribution in [0, 0.1) is 18.3 Å². The minimum absolute atomic E-state index is 0.130. The molecule has 3 nitrogen and oxygen atoms in total. The topological polar surface area (TPSA) is 45.8 Å². The third-order valence-corrected chi connectivity index (χ3v) is 3.58. The molecule has 0 N–H and O–H groups in total. The van der Waals surface area contributed by atoms with E-state index in [-0.39, 0.29) is 11.1 Å². The summed E-state index contributed by atoms with van der Waals surface area (Å²) < 4.78 is 1.54. The first-order valence-electron chi connectivity index (χ1n) is 5.57. The highest BCUT2D eigenvalue weighted by molar-refractivity contribution is 6.42. The molecule has 0 bridgehead atoms. The van der Waals surface area contributed by atoms with Gasteiger partial charge in [0.05, 0.1) is 16.6 Å². The second-order valence-electron chi connectivity index (χ2n) is 4.14. The molecule has 0 amide bonds. The van der Waals surface area contributed by atoms with Crippen molar-refractivity contribution in [3.05, 3.63) is 67.6 Å². The smallest absolute Gasteiger partial charge is 0.268 e. The highest BCUT2D eigenvalue weighted by Gasteiger charge is 2.07. The van der Waals surface area contributed by atoms with Crippen LogP contribution in [0.15, 0.2) is 35.1 Å². The van der Waals surface area contributed by atoms with Crippen molar-refractivity contribution >= 4 is 23.2 Å². The van der Waals surface area contributed by atoms with E-state index in [1.54, 1.807) is 24.3 Å². The molecule has 0 radical (unpaired) electrons.